The number of urea groups is 1. The Morgan fingerprint density at radius 2 is 1.90 bits per heavy atom. The predicted molar refractivity (Wildman–Crippen MR) is 81.8 cm³/mol. The van der Waals surface area contributed by atoms with E-state index in [4.69, 9.17) is 0 Å². The minimum absolute atomic E-state index is 0.270. The van der Waals surface area contributed by atoms with Gasteiger partial charge in [0.1, 0.15) is 0 Å². The van der Waals surface area contributed by atoms with Crippen molar-refractivity contribution in [3.8, 4) is 0 Å². The summed E-state index contributed by atoms with van der Waals surface area (Å²) >= 11 is 0. The van der Waals surface area contributed by atoms with Crippen molar-refractivity contribution in [3.05, 3.63) is 30.3 Å². The van der Waals surface area contributed by atoms with Crippen molar-refractivity contribution in [2.24, 2.45) is 11.3 Å². The summed E-state index contributed by atoms with van der Waals surface area (Å²) in [5.74, 6) is 0.467. The highest BCUT2D eigenvalue weighted by molar-refractivity contribution is 5.88. The minimum Gasteiger partial charge on any atom is -0.306 e. The fourth-order valence-electron chi connectivity index (χ4n) is 2.30. The summed E-state index contributed by atoms with van der Waals surface area (Å²) in [5.41, 5.74) is 0.950. The summed E-state index contributed by atoms with van der Waals surface area (Å²) in [7, 11) is 0. The van der Waals surface area contributed by atoms with Crippen molar-refractivity contribution in [3.63, 3.8) is 0 Å². The third-order valence-electron chi connectivity index (χ3n) is 3.05. The van der Waals surface area contributed by atoms with E-state index in [0.29, 0.717) is 18.2 Å². The Morgan fingerprint density at radius 1 is 1.30 bits per heavy atom. The molecule has 0 bridgehead atoms. The molecule has 0 aromatic heterocycles. The molecule has 20 heavy (non-hydrogen) atoms. The molecule has 1 aromatic rings. The summed E-state index contributed by atoms with van der Waals surface area (Å²) in [6.07, 6.45) is 1.86. The third-order valence-corrected chi connectivity index (χ3v) is 3.05. The first-order valence-corrected chi connectivity index (χ1v) is 7.10. The molecule has 0 heterocycles. The molecule has 1 atom stereocenters. The van der Waals surface area contributed by atoms with Crippen LogP contribution in [0.1, 0.15) is 40.5 Å². The van der Waals surface area contributed by atoms with Crippen molar-refractivity contribution >= 4 is 11.7 Å². The Bertz CT molecular complexity index is 412. The Hall–Kier alpha value is -1.55. The normalized spacial score (nSPS) is 12.8. The highest BCUT2D eigenvalue weighted by Crippen LogP contribution is 2.25. The van der Waals surface area contributed by atoms with Crippen LogP contribution >= 0.6 is 0 Å². The highest BCUT2D eigenvalue weighted by Gasteiger charge is 2.17. The van der Waals surface area contributed by atoms with Crippen molar-refractivity contribution < 1.29 is 10.0 Å². The maximum absolute atomic E-state index is 11.8. The second-order valence-electron chi connectivity index (χ2n) is 6.58. The molecule has 2 N–H and O–H groups in total. The van der Waals surface area contributed by atoms with Gasteiger partial charge in [-0.25, -0.2) is 9.86 Å². The molecule has 0 aliphatic heterocycles. The van der Waals surface area contributed by atoms with Crippen LogP contribution in [-0.2, 0) is 0 Å². The molecule has 0 aliphatic carbocycles. The zero-order valence-corrected chi connectivity index (χ0v) is 12.9. The summed E-state index contributed by atoms with van der Waals surface area (Å²) < 4.78 is 0. The number of hydrogen-bond donors (Lipinski definition) is 2. The van der Waals surface area contributed by atoms with Gasteiger partial charge in [0.25, 0.3) is 0 Å². The smallest absolute Gasteiger partial charge is 0.306 e. The van der Waals surface area contributed by atoms with Crippen molar-refractivity contribution in [1.29, 1.82) is 0 Å². The molecule has 0 spiro atoms. The predicted octanol–water partition coefficient (Wildman–Crippen LogP) is 4.37. The molecular weight excluding hydrogens is 252 g/mol. The van der Waals surface area contributed by atoms with Gasteiger partial charge < -0.3 is 5.32 Å². The van der Waals surface area contributed by atoms with Crippen LogP contribution in [0.25, 0.3) is 0 Å². The van der Waals surface area contributed by atoms with Gasteiger partial charge in [0.2, 0.25) is 0 Å². The fourth-order valence-corrected chi connectivity index (χ4v) is 2.30. The molecule has 0 aliphatic rings. The number of para-hydroxylation sites is 1. The zero-order valence-electron chi connectivity index (χ0n) is 12.9. The van der Waals surface area contributed by atoms with Crippen LogP contribution < -0.4 is 5.32 Å². The first-order valence-electron chi connectivity index (χ1n) is 7.10. The van der Waals surface area contributed by atoms with E-state index in [1.807, 2.05) is 18.2 Å². The Labute approximate surface area is 121 Å². The summed E-state index contributed by atoms with van der Waals surface area (Å²) in [4.78, 5) is 11.8. The summed E-state index contributed by atoms with van der Waals surface area (Å²) in [6, 6.07) is 8.63. The lowest BCUT2D eigenvalue weighted by atomic mass is 9.84. The van der Waals surface area contributed by atoms with E-state index >= 15 is 0 Å². The van der Waals surface area contributed by atoms with E-state index in [2.05, 4.69) is 33.0 Å². The number of carbonyl (C=O) groups is 1. The summed E-state index contributed by atoms with van der Waals surface area (Å²) in [5, 5.41) is 13.2. The lowest BCUT2D eigenvalue weighted by Gasteiger charge is -2.24. The molecule has 0 saturated carbocycles. The minimum atomic E-state index is -0.487. The number of rotatable bonds is 5. The first-order chi connectivity index (χ1) is 9.28. The van der Waals surface area contributed by atoms with Crippen LogP contribution in [0, 0.1) is 11.3 Å². The number of amides is 2. The number of hydroxylamine groups is 2. The van der Waals surface area contributed by atoms with E-state index in [0.717, 1.165) is 17.9 Å². The molecule has 0 fully saturated rings. The van der Waals surface area contributed by atoms with Gasteiger partial charge in [0.05, 0.1) is 6.54 Å². The van der Waals surface area contributed by atoms with Crippen molar-refractivity contribution in [2.75, 3.05) is 11.9 Å². The molecular formula is C16H26N2O2. The number of benzene rings is 1. The van der Waals surface area contributed by atoms with Gasteiger partial charge in [-0.15, -0.1) is 0 Å². The first kappa shape index (κ1) is 16.5. The molecule has 1 unspecified atom stereocenters. The van der Waals surface area contributed by atoms with Crippen molar-refractivity contribution in [2.45, 2.75) is 40.5 Å². The second kappa shape index (κ2) is 7.29. The van der Waals surface area contributed by atoms with Crippen LogP contribution in [0.4, 0.5) is 10.5 Å². The van der Waals surface area contributed by atoms with E-state index in [-0.39, 0.29) is 5.41 Å². The Kier molecular flexibility index (Phi) is 6.02. The molecule has 2 amide bonds. The van der Waals surface area contributed by atoms with Gasteiger partial charge in [0, 0.05) is 5.69 Å². The number of nitrogens with one attached hydrogen (secondary N) is 1. The van der Waals surface area contributed by atoms with Gasteiger partial charge in [-0.05, 0) is 36.3 Å². The fraction of sp³-hybridized carbons (Fsp3) is 0.562. The van der Waals surface area contributed by atoms with Crippen LogP contribution in [0.5, 0.6) is 0 Å². The van der Waals surface area contributed by atoms with E-state index < -0.39 is 6.03 Å². The monoisotopic (exact) mass is 278 g/mol. The largest absolute Gasteiger partial charge is 0.345 e. The molecule has 112 valence electrons. The average Bonchev–Trinajstić information content (AvgIpc) is 2.35. The Morgan fingerprint density at radius 3 is 2.45 bits per heavy atom. The molecule has 4 heteroatoms. The van der Waals surface area contributed by atoms with E-state index in [9.17, 15) is 10.0 Å². The third kappa shape index (κ3) is 6.57. The topological polar surface area (TPSA) is 52.6 Å². The van der Waals surface area contributed by atoms with Gasteiger partial charge in [0.15, 0.2) is 0 Å². The van der Waals surface area contributed by atoms with Crippen LogP contribution in [0.3, 0.4) is 0 Å². The van der Waals surface area contributed by atoms with E-state index in [1.165, 1.54) is 0 Å². The van der Waals surface area contributed by atoms with Crippen LogP contribution in [0.2, 0.25) is 0 Å². The number of carbonyl (C=O) groups excluding carboxylic acids is 1. The number of nitrogens with zero attached hydrogens (tertiary/aromatic N) is 1. The van der Waals surface area contributed by atoms with E-state index in [1.54, 1.807) is 12.1 Å². The maximum Gasteiger partial charge on any atom is 0.345 e. The van der Waals surface area contributed by atoms with Crippen molar-refractivity contribution in [1.82, 2.24) is 5.06 Å². The zero-order chi connectivity index (χ0) is 15.2. The molecule has 0 saturated heterocycles. The van der Waals surface area contributed by atoms with Gasteiger partial charge in [-0.1, -0.05) is 45.9 Å². The lowest BCUT2D eigenvalue weighted by Crippen LogP contribution is -2.33. The standard InChI is InChI=1S/C16H26N2O2/c1-13(12-16(2,3)4)10-11-18(20)15(19)17-14-8-6-5-7-9-14/h5-9,13,20H,10-12H2,1-4H3,(H,17,19). The van der Waals surface area contributed by atoms with Crippen LogP contribution in [-0.4, -0.2) is 22.8 Å². The van der Waals surface area contributed by atoms with Gasteiger partial charge >= 0.3 is 6.03 Å². The SMILES string of the molecule is CC(CCN(O)C(=O)Nc1ccccc1)CC(C)(C)C. The van der Waals surface area contributed by atoms with Gasteiger partial charge in [-0.2, -0.15) is 0 Å². The molecule has 1 rings (SSSR count). The number of hydrogen-bond acceptors (Lipinski definition) is 2. The Balaban J connectivity index is 2.35. The lowest BCUT2D eigenvalue weighted by molar-refractivity contribution is -0.0411. The molecule has 4 nitrogen and oxygen atoms in total. The average molecular weight is 278 g/mol. The van der Waals surface area contributed by atoms with Crippen LogP contribution in [0.15, 0.2) is 30.3 Å². The number of anilines is 1. The quantitative estimate of drug-likeness (QED) is 0.620. The second-order valence-corrected chi connectivity index (χ2v) is 6.58. The van der Waals surface area contributed by atoms with Gasteiger partial charge in [-0.3, -0.25) is 5.21 Å². The molecule has 1 aromatic carbocycles. The maximum atomic E-state index is 11.8. The molecule has 0 radical (unpaired) electrons. The highest BCUT2D eigenvalue weighted by atomic mass is 16.5. The summed E-state index contributed by atoms with van der Waals surface area (Å²) in [6.45, 7) is 9.08.